The molecule has 1 aromatic rings. The van der Waals surface area contributed by atoms with Gasteiger partial charge < -0.3 is 14.7 Å². The summed E-state index contributed by atoms with van der Waals surface area (Å²) in [5, 5.41) is 11.2. The molecule has 0 spiro atoms. The molecule has 0 aromatic heterocycles. The zero-order chi connectivity index (χ0) is 14.8. The summed E-state index contributed by atoms with van der Waals surface area (Å²) >= 11 is 0. The maximum atomic E-state index is 11.9. The van der Waals surface area contributed by atoms with Crippen LogP contribution in [0.1, 0.15) is 12.0 Å². The molecule has 0 radical (unpaired) electrons. The molecule has 0 bridgehead atoms. The Bertz CT molecular complexity index is 492. The highest BCUT2D eigenvalue weighted by atomic mass is 32.2. The van der Waals surface area contributed by atoms with Gasteiger partial charge in [0.05, 0.1) is 39.3 Å². The number of hydrogen-bond donors (Lipinski definition) is 2. The van der Waals surface area contributed by atoms with Crippen molar-refractivity contribution in [1.29, 1.82) is 0 Å². The SMILES string of the molecule is COc1cccc([C@@]2(O)CC[S@@](=O)C[C@H]2C[NH+](C)C)c1. The molecule has 112 valence electrons. The number of methoxy groups -OCH3 is 1. The Morgan fingerprint density at radius 3 is 2.90 bits per heavy atom. The lowest BCUT2D eigenvalue weighted by Gasteiger charge is -2.40. The van der Waals surface area contributed by atoms with E-state index in [0.29, 0.717) is 17.9 Å². The van der Waals surface area contributed by atoms with Crippen LogP contribution in [0.2, 0.25) is 0 Å². The Morgan fingerprint density at radius 2 is 2.25 bits per heavy atom. The molecule has 2 rings (SSSR count). The highest BCUT2D eigenvalue weighted by Crippen LogP contribution is 2.38. The predicted molar refractivity (Wildman–Crippen MR) is 80.6 cm³/mol. The monoisotopic (exact) mass is 298 g/mol. The highest BCUT2D eigenvalue weighted by Gasteiger charge is 2.44. The molecule has 1 aliphatic heterocycles. The van der Waals surface area contributed by atoms with Gasteiger partial charge in [0.15, 0.2) is 0 Å². The van der Waals surface area contributed by atoms with Gasteiger partial charge in [-0.25, -0.2) is 0 Å². The Labute approximate surface area is 123 Å². The van der Waals surface area contributed by atoms with Crippen LogP contribution in [0.4, 0.5) is 0 Å². The van der Waals surface area contributed by atoms with Crippen molar-refractivity contribution in [1.82, 2.24) is 0 Å². The maximum absolute atomic E-state index is 11.9. The highest BCUT2D eigenvalue weighted by molar-refractivity contribution is 7.85. The van der Waals surface area contributed by atoms with Crippen LogP contribution in [0.3, 0.4) is 0 Å². The molecule has 1 saturated heterocycles. The van der Waals surface area contributed by atoms with Crippen molar-refractivity contribution in [2.24, 2.45) is 5.92 Å². The molecule has 0 aliphatic carbocycles. The van der Waals surface area contributed by atoms with Gasteiger partial charge in [0.25, 0.3) is 0 Å². The van der Waals surface area contributed by atoms with E-state index in [1.54, 1.807) is 7.11 Å². The first-order valence-electron chi connectivity index (χ1n) is 6.96. The van der Waals surface area contributed by atoms with Crippen LogP contribution >= 0.6 is 0 Å². The fourth-order valence-corrected chi connectivity index (χ4v) is 4.46. The average molecular weight is 298 g/mol. The van der Waals surface area contributed by atoms with E-state index in [-0.39, 0.29) is 5.92 Å². The number of quaternary nitrogens is 1. The topological polar surface area (TPSA) is 51.0 Å². The van der Waals surface area contributed by atoms with Gasteiger partial charge in [-0.15, -0.1) is 0 Å². The zero-order valence-electron chi connectivity index (χ0n) is 12.4. The molecule has 1 fully saturated rings. The Morgan fingerprint density at radius 1 is 1.50 bits per heavy atom. The number of aliphatic hydroxyl groups is 1. The van der Waals surface area contributed by atoms with Crippen molar-refractivity contribution in [3.05, 3.63) is 29.8 Å². The summed E-state index contributed by atoms with van der Waals surface area (Å²) in [4.78, 5) is 1.26. The number of benzene rings is 1. The molecule has 1 heterocycles. The third-order valence-electron chi connectivity index (χ3n) is 4.00. The van der Waals surface area contributed by atoms with Gasteiger partial charge in [-0.05, 0) is 24.1 Å². The lowest BCUT2D eigenvalue weighted by molar-refractivity contribution is -0.863. The van der Waals surface area contributed by atoms with E-state index >= 15 is 0 Å². The molecular weight excluding hydrogens is 274 g/mol. The second kappa shape index (κ2) is 6.24. The molecule has 5 heteroatoms. The van der Waals surface area contributed by atoms with Gasteiger partial charge in [-0.2, -0.15) is 0 Å². The zero-order valence-corrected chi connectivity index (χ0v) is 13.2. The molecule has 3 atom stereocenters. The lowest BCUT2D eigenvalue weighted by atomic mass is 9.79. The van der Waals surface area contributed by atoms with Crippen LogP contribution in [-0.2, 0) is 16.4 Å². The third-order valence-corrected chi connectivity index (χ3v) is 5.43. The van der Waals surface area contributed by atoms with Crippen molar-refractivity contribution in [2.45, 2.75) is 12.0 Å². The van der Waals surface area contributed by atoms with Crippen LogP contribution in [0.25, 0.3) is 0 Å². The van der Waals surface area contributed by atoms with E-state index in [1.165, 1.54) is 4.90 Å². The van der Waals surface area contributed by atoms with Crippen molar-refractivity contribution in [2.75, 3.05) is 39.3 Å². The first-order valence-corrected chi connectivity index (χ1v) is 8.45. The molecule has 1 aliphatic rings. The van der Waals surface area contributed by atoms with E-state index < -0.39 is 16.4 Å². The second-order valence-electron chi connectivity index (χ2n) is 5.82. The number of rotatable bonds is 4. The number of ether oxygens (including phenoxy) is 1. The molecule has 20 heavy (non-hydrogen) atoms. The Kier molecular flexibility index (Phi) is 4.83. The molecular formula is C15H24NO3S+. The van der Waals surface area contributed by atoms with Crippen molar-refractivity contribution < 1.29 is 19.0 Å². The van der Waals surface area contributed by atoms with E-state index in [0.717, 1.165) is 17.9 Å². The van der Waals surface area contributed by atoms with Gasteiger partial charge >= 0.3 is 0 Å². The van der Waals surface area contributed by atoms with Crippen LogP contribution in [0, 0.1) is 5.92 Å². The van der Waals surface area contributed by atoms with Gasteiger partial charge in [0.2, 0.25) is 0 Å². The smallest absolute Gasteiger partial charge is 0.119 e. The van der Waals surface area contributed by atoms with Crippen molar-refractivity contribution >= 4 is 10.8 Å². The van der Waals surface area contributed by atoms with Gasteiger partial charge in [0.1, 0.15) is 5.75 Å². The first-order chi connectivity index (χ1) is 9.45. The van der Waals surface area contributed by atoms with E-state index in [1.807, 2.05) is 24.3 Å². The van der Waals surface area contributed by atoms with Crippen LogP contribution < -0.4 is 9.64 Å². The Balaban J connectivity index is 2.34. The predicted octanol–water partition coefficient (Wildman–Crippen LogP) is -0.204. The van der Waals surface area contributed by atoms with E-state index in [9.17, 15) is 9.32 Å². The van der Waals surface area contributed by atoms with Crippen molar-refractivity contribution in [3.63, 3.8) is 0 Å². The minimum absolute atomic E-state index is 0.00851. The second-order valence-corrected chi connectivity index (χ2v) is 7.45. The largest absolute Gasteiger partial charge is 0.497 e. The molecule has 2 N–H and O–H groups in total. The Hall–Kier alpha value is -0.910. The first kappa shape index (κ1) is 15.5. The number of hydrogen-bond acceptors (Lipinski definition) is 3. The standard InChI is InChI=1S/C15H23NO3S/c1-16(2)10-13-11-20(18)8-7-15(13,17)12-5-4-6-14(9-12)19-3/h4-6,9,13,17H,7-8,10-11H2,1-3H3/p+1/t13-,15+,20-/m1/s1. The fourth-order valence-electron chi connectivity index (χ4n) is 2.91. The minimum atomic E-state index is -0.903. The minimum Gasteiger partial charge on any atom is -0.497 e. The molecule has 4 nitrogen and oxygen atoms in total. The average Bonchev–Trinajstić information content (AvgIpc) is 2.42. The molecule has 1 aromatic carbocycles. The summed E-state index contributed by atoms with van der Waals surface area (Å²) in [6.45, 7) is 0.805. The van der Waals surface area contributed by atoms with Gasteiger partial charge in [0, 0.05) is 22.3 Å². The fraction of sp³-hybridized carbons (Fsp3) is 0.600. The van der Waals surface area contributed by atoms with Crippen LogP contribution in [-0.4, -0.2) is 48.6 Å². The summed E-state index contributed by atoms with van der Waals surface area (Å²) in [5.41, 5.74) is -0.0282. The lowest BCUT2D eigenvalue weighted by Crippen LogP contribution is -3.07. The van der Waals surface area contributed by atoms with Gasteiger partial charge in [-0.3, -0.25) is 4.21 Å². The van der Waals surface area contributed by atoms with Gasteiger partial charge in [-0.1, -0.05) is 12.1 Å². The number of nitrogens with one attached hydrogen (secondary N) is 1. The molecule has 0 unspecified atom stereocenters. The third kappa shape index (κ3) is 3.22. The quantitative estimate of drug-likeness (QED) is 0.809. The van der Waals surface area contributed by atoms with Crippen LogP contribution in [0.5, 0.6) is 5.75 Å². The summed E-state index contributed by atoms with van der Waals surface area (Å²) in [5.74, 6) is 1.89. The summed E-state index contributed by atoms with van der Waals surface area (Å²) < 4.78 is 17.1. The molecule has 0 saturated carbocycles. The van der Waals surface area contributed by atoms with Crippen LogP contribution in [0.15, 0.2) is 24.3 Å². The summed E-state index contributed by atoms with van der Waals surface area (Å²) in [7, 11) is 4.92. The summed E-state index contributed by atoms with van der Waals surface area (Å²) in [6.07, 6.45) is 0.546. The van der Waals surface area contributed by atoms with E-state index in [4.69, 9.17) is 4.74 Å². The van der Waals surface area contributed by atoms with E-state index in [2.05, 4.69) is 14.1 Å². The molecule has 0 amide bonds. The normalized spacial score (nSPS) is 30.4. The summed E-state index contributed by atoms with van der Waals surface area (Å²) in [6, 6.07) is 7.61. The van der Waals surface area contributed by atoms with Crippen molar-refractivity contribution in [3.8, 4) is 5.75 Å². The maximum Gasteiger partial charge on any atom is 0.119 e.